The van der Waals surface area contributed by atoms with E-state index in [2.05, 4.69) is 31.9 Å². The molecule has 0 aromatic heterocycles. The smallest absolute Gasteiger partial charge is 0.339 e. The largest absolute Gasteiger partial charge is 0.462 e. The molecule has 2 amide bonds. The van der Waals surface area contributed by atoms with Crippen molar-refractivity contribution in [3.05, 3.63) is 100.0 Å². The highest BCUT2D eigenvalue weighted by Crippen LogP contribution is 2.43. The Hall–Kier alpha value is -4.52. The Morgan fingerprint density at radius 3 is 1.31 bits per heavy atom. The number of halogens is 2. The van der Waals surface area contributed by atoms with Crippen LogP contribution in [0.5, 0.6) is 0 Å². The van der Waals surface area contributed by atoms with Crippen LogP contribution in [-0.2, 0) is 28.7 Å². The highest BCUT2D eigenvalue weighted by molar-refractivity contribution is 9.10. The number of nitrogens with zero attached hydrogens (tertiary/aromatic N) is 4. The molecule has 0 radical (unpaired) electrons. The van der Waals surface area contributed by atoms with Crippen LogP contribution in [0.25, 0.3) is 11.4 Å². The molecular formula is C34H38Br2N4O12. The number of aliphatic hydroxyl groups is 2. The average molecular weight is 855 g/mol. The van der Waals surface area contributed by atoms with Gasteiger partial charge in [-0.15, -0.1) is 0 Å². The maximum absolute atomic E-state index is 12.9. The van der Waals surface area contributed by atoms with Crippen molar-refractivity contribution >= 4 is 67.0 Å². The Kier molecular flexibility index (Phi) is 13.6. The number of amides is 2. The van der Waals surface area contributed by atoms with E-state index >= 15 is 0 Å². The van der Waals surface area contributed by atoms with Gasteiger partial charge < -0.3 is 29.5 Å². The van der Waals surface area contributed by atoms with E-state index in [4.69, 9.17) is 9.47 Å². The Morgan fingerprint density at radius 2 is 1.06 bits per heavy atom. The first-order valence-electron chi connectivity index (χ1n) is 16.0. The van der Waals surface area contributed by atoms with Gasteiger partial charge in [0.15, 0.2) is 0 Å². The zero-order valence-electron chi connectivity index (χ0n) is 29.1. The minimum Gasteiger partial charge on any atom is -0.462 e. The number of carbonyl (C=O) groups is 4. The molecule has 2 aliphatic heterocycles. The first kappa shape index (κ1) is 41.9. The lowest BCUT2D eigenvalue weighted by molar-refractivity contribution is -0.494. The van der Waals surface area contributed by atoms with Crippen molar-refractivity contribution in [3.8, 4) is 0 Å². The van der Waals surface area contributed by atoms with Gasteiger partial charge in [-0.25, -0.2) is 9.59 Å². The zero-order chi connectivity index (χ0) is 39.3. The van der Waals surface area contributed by atoms with Gasteiger partial charge in [-0.3, -0.25) is 29.8 Å². The summed E-state index contributed by atoms with van der Waals surface area (Å²) in [5, 5.41) is 44.0. The second-order valence-corrected chi connectivity index (χ2v) is 14.0. The number of hydrogen-bond acceptors (Lipinski definition) is 12. The van der Waals surface area contributed by atoms with Crippen molar-refractivity contribution in [2.75, 3.05) is 26.3 Å². The molecule has 52 heavy (non-hydrogen) atoms. The van der Waals surface area contributed by atoms with Gasteiger partial charge in [0.25, 0.3) is 11.8 Å². The van der Waals surface area contributed by atoms with Crippen LogP contribution in [0.2, 0.25) is 0 Å². The molecule has 0 aliphatic carbocycles. The third-order valence-corrected chi connectivity index (χ3v) is 8.82. The molecule has 2 N–H and O–H groups in total. The van der Waals surface area contributed by atoms with Gasteiger partial charge in [0.2, 0.25) is 24.3 Å². The molecule has 18 heteroatoms. The maximum atomic E-state index is 12.9. The summed E-state index contributed by atoms with van der Waals surface area (Å²) in [5.41, 5.74) is -4.83. The monoisotopic (exact) mass is 852 g/mol. The first-order chi connectivity index (χ1) is 24.3. The molecule has 2 atom stereocenters. The molecule has 280 valence electrons. The van der Waals surface area contributed by atoms with E-state index in [1.54, 1.807) is 90.1 Å². The van der Waals surface area contributed by atoms with Gasteiger partial charge in [-0.2, -0.15) is 0 Å². The lowest BCUT2D eigenvalue weighted by Crippen LogP contribution is -2.50. The maximum Gasteiger partial charge on any atom is 0.339 e. The number of rotatable bonds is 12. The fraction of sp³-hybridized carbons (Fsp3) is 0.412. The summed E-state index contributed by atoms with van der Waals surface area (Å²) in [6.07, 6.45) is 0. The molecule has 0 saturated heterocycles. The number of benzene rings is 2. The number of carbonyl (C=O) groups excluding carboxylic acids is 4. The van der Waals surface area contributed by atoms with E-state index in [1.807, 2.05) is 0 Å². The summed E-state index contributed by atoms with van der Waals surface area (Å²) in [4.78, 5) is 73.9. The average Bonchev–Trinajstić information content (AvgIpc) is 3.40. The minimum atomic E-state index is -2.59. The van der Waals surface area contributed by atoms with Crippen molar-refractivity contribution in [3.63, 3.8) is 0 Å². The Balaban J connectivity index is 0.000000280. The predicted octanol–water partition coefficient (Wildman–Crippen LogP) is 3.96. The third-order valence-electron chi connectivity index (χ3n) is 7.83. The van der Waals surface area contributed by atoms with E-state index in [0.717, 1.165) is 0 Å². The summed E-state index contributed by atoms with van der Waals surface area (Å²) in [5.74, 6) is -3.74. The highest BCUT2D eigenvalue weighted by atomic mass is 79.9. The van der Waals surface area contributed by atoms with Crippen LogP contribution in [0.4, 0.5) is 0 Å². The predicted molar refractivity (Wildman–Crippen MR) is 193 cm³/mol. The fourth-order valence-corrected chi connectivity index (χ4v) is 6.68. The molecule has 2 aliphatic rings. The van der Waals surface area contributed by atoms with E-state index < -0.39 is 81.1 Å². The van der Waals surface area contributed by atoms with E-state index in [9.17, 15) is 49.6 Å². The molecule has 2 aromatic rings. The molecule has 0 bridgehead atoms. The number of hydrogen-bond donors (Lipinski definition) is 2. The number of esters is 2. The molecule has 2 aromatic carbocycles. The van der Waals surface area contributed by atoms with Crippen LogP contribution in [0.3, 0.4) is 0 Å². The summed E-state index contributed by atoms with van der Waals surface area (Å²) >= 11 is 6.65. The van der Waals surface area contributed by atoms with Crippen molar-refractivity contribution < 1.29 is 48.7 Å². The minimum absolute atomic E-state index is 0.00148. The van der Waals surface area contributed by atoms with Crippen LogP contribution in [-0.4, -0.2) is 103 Å². The van der Waals surface area contributed by atoms with Crippen molar-refractivity contribution in [1.82, 2.24) is 9.80 Å². The molecule has 0 saturated carbocycles. The van der Waals surface area contributed by atoms with Gasteiger partial charge in [-0.05, 0) is 65.8 Å². The van der Waals surface area contributed by atoms with Crippen LogP contribution in [0, 0.1) is 20.2 Å². The van der Waals surface area contributed by atoms with Gasteiger partial charge >= 0.3 is 11.9 Å². The second-order valence-electron chi connectivity index (χ2n) is 12.1. The molecule has 2 heterocycles. The van der Waals surface area contributed by atoms with Crippen molar-refractivity contribution in [2.45, 2.75) is 64.8 Å². The SMILES string of the molecule is CCOC(=O)C1=C(c2cccc(Br)c2)N(C(C)C)C(=O)[C@@]1(O)C[N+](=O)[O-].CCOC(=O)C1=C(c2cccc(Br)c2)N(C(C)C)C(=O)[C@@]1(O)C[N+](=O)[O-]. The summed E-state index contributed by atoms with van der Waals surface area (Å²) in [6, 6.07) is 12.7. The second kappa shape index (κ2) is 16.9. The topological polar surface area (TPSA) is 220 Å². The van der Waals surface area contributed by atoms with Gasteiger partial charge in [0.05, 0.1) is 24.6 Å². The van der Waals surface area contributed by atoms with Crippen LogP contribution >= 0.6 is 31.9 Å². The summed E-state index contributed by atoms with van der Waals surface area (Å²) in [6.45, 7) is 7.65. The van der Waals surface area contributed by atoms with Crippen molar-refractivity contribution in [1.29, 1.82) is 0 Å². The van der Waals surface area contributed by atoms with E-state index in [0.29, 0.717) is 20.1 Å². The Bertz CT molecular complexity index is 1710. The molecular weight excluding hydrogens is 816 g/mol. The summed E-state index contributed by atoms with van der Waals surface area (Å²) < 4.78 is 11.4. The highest BCUT2D eigenvalue weighted by Gasteiger charge is 2.60. The fourth-order valence-electron chi connectivity index (χ4n) is 5.88. The molecule has 0 fully saturated rings. The first-order valence-corrected chi connectivity index (χ1v) is 17.6. The zero-order valence-corrected chi connectivity index (χ0v) is 32.3. The molecule has 0 spiro atoms. The molecule has 4 rings (SSSR count). The number of ether oxygens (including phenoxy) is 2. The Morgan fingerprint density at radius 1 is 0.731 bits per heavy atom. The molecule has 16 nitrogen and oxygen atoms in total. The quantitative estimate of drug-likeness (QED) is 0.176. The van der Waals surface area contributed by atoms with Gasteiger partial charge in [-0.1, -0.05) is 56.1 Å². The van der Waals surface area contributed by atoms with E-state index in [1.165, 1.54) is 9.80 Å². The van der Waals surface area contributed by atoms with Crippen LogP contribution < -0.4 is 0 Å². The lowest BCUT2D eigenvalue weighted by Gasteiger charge is -2.26. The van der Waals surface area contributed by atoms with Gasteiger partial charge in [0, 0.05) is 42.0 Å². The summed E-state index contributed by atoms with van der Waals surface area (Å²) in [7, 11) is 0. The standard InChI is InChI=1S/2C17H19BrN2O6/c2*1-4-26-15(21)13-14(11-6-5-7-12(18)8-11)20(10(2)3)16(22)17(13,23)9-19(24)25/h2*5-8,10,23H,4,9H2,1-3H3/t2*17-/m11/s1. The third kappa shape index (κ3) is 8.40. The van der Waals surface area contributed by atoms with Gasteiger partial charge in [0.1, 0.15) is 11.1 Å². The van der Waals surface area contributed by atoms with E-state index in [-0.39, 0.29) is 24.6 Å². The molecule has 0 unspecified atom stereocenters. The Labute approximate surface area is 315 Å². The van der Waals surface area contributed by atoms with Crippen LogP contribution in [0.15, 0.2) is 68.6 Å². The van der Waals surface area contributed by atoms with Crippen LogP contribution in [0.1, 0.15) is 52.7 Å². The number of nitro groups is 2. The normalized spacial score (nSPS) is 20.1. The van der Waals surface area contributed by atoms with Crippen molar-refractivity contribution in [2.24, 2.45) is 0 Å². The lowest BCUT2D eigenvalue weighted by atomic mass is 9.93.